The maximum Gasteiger partial charge on any atom is 0.339 e. The minimum atomic E-state index is -1.49. The third kappa shape index (κ3) is 3.93. The fourth-order valence-electron chi connectivity index (χ4n) is 3.04. The van der Waals surface area contributed by atoms with Crippen LogP contribution in [0.2, 0.25) is 0 Å². The zero-order chi connectivity index (χ0) is 18.0. The monoisotopic (exact) mass is 347 g/mol. The predicted molar refractivity (Wildman–Crippen MR) is 94.7 cm³/mol. The molecular weight excluding hydrogens is 322 g/mol. The van der Waals surface area contributed by atoms with E-state index in [4.69, 9.17) is 9.15 Å². The molecule has 1 aliphatic heterocycles. The summed E-state index contributed by atoms with van der Waals surface area (Å²) in [4.78, 5) is 20.5. The zero-order valence-corrected chi connectivity index (χ0v) is 15.0. The van der Waals surface area contributed by atoms with Crippen LogP contribution in [0.3, 0.4) is 0 Å². The van der Waals surface area contributed by atoms with E-state index >= 15 is 0 Å². The van der Waals surface area contributed by atoms with E-state index in [9.17, 15) is 9.90 Å². The summed E-state index contributed by atoms with van der Waals surface area (Å²) >= 11 is 0. The summed E-state index contributed by atoms with van der Waals surface area (Å²) in [7, 11) is 0. The molecule has 1 N–H and O–H groups in total. The van der Waals surface area contributed by atoms with Crippen LogP contribution >= 0.6 is 0 Å². The summed E-state index contributed by atoms with van der Waals surface area (Å²) in [6.45, 7) is 8.67. The van der Waals surface area contributed by atoms with Crippen molar-refractivity contribution in [2.75, 3.05) is 44.2 Å². The number of aryl methyl sites for hydroxylation is 1. The molecule has 2 heterocycles. The van der Waals surface area contributed by atoms with E-state index in [0.29, 0.717) is 19.1 Å². The first-order valence-corrected chi connectivity index (χ1v) is 8.63. The predicted octanol–water partition coefficient (Wildman–Crippen LogP) is 1.57. The molecule has 0 radical (unpaired) electrons. The van der Waals surface area contributed by atoms with Gasteiger partial charge in [-0.1, -0.05) is 6.07 Å². The molecule has 25 heavy (non-hydrogen) atoms. The number of rotatable bonds is 5. The normalized spacial score (nSPS) is 18.3. The third-order valence-corrected chi connectivity index (χ3v) is 4.42. The van der Waals surface area contributed by atoms with Crippen LogP contribution in [0.5, 0.6) is 0 Å². The van der Waals surface area contributed by atoms with Crippen LogP contribution in [0.4, 0.5) is 6.01 Å². The third-order valence-electron chi connectivity index (χ3n) is 4.42. The number of nitrogens with zero attached hydrogens (tertiary/aromatic N) is 3. The number of carbonyl (C=O) groups is 1. The summed E-state index contributed by atoms with van der Waals surface area (Å²) in [5, 5.41) is 10.3. The first-order valence-electron chi connectivity index (χ1n) is 8.63. The van der Waals surface area contributed by atoms with Crippen LogP contribution in [0, 0.1) is 6.92 Å². The second kappa shape index (κ2) is 7.01. The number of aliphatic hydroxyl groups is 1. The molecule has 136 valence electrons. The molecule has 3 rings (SSSR count). The Kier molecular flexibility index (Phi) is 4.96. The van der Waals surface area contributed by atoms with Gasteiger partial charge in [-0.25, -0.2) is 4.79 Å². The van der Waals surface area contributed by atoms with Gasteiger partial charge in [-0.3, -0.25) is 4.90 Å². The first kappa shape index (κ1) is 17.7. The molecule has 0 amide bonds. The molecule has 1 atom stereocenters. The van der Waals surface area contributed by atoms with Crippen LogP contribution in [0.15, 0.2) is 22.6 Å². The highest BCUT2D eigenvalue weighted by Crippen LogP contribution is 2.24. The summed E-state index contributed by atoms with van der Waals surface area (Å²) in [6.07, 6.45) is 0. The maximum absolute atomic E-state index is 11.8. The van der Waals surface area contributed by atoms with Crippen molar-refractivity contribution >= 4 is 23.1 Å². The standard InChI is InChI=1S/C18H25N3O4/c1-4-24-16(22)18(3,23)12-20-7-9-21(10-8-20)17-19-14-11-13(2)5-6-15(14)25-17/h5-6,11,23H,4,7-10,12H2,1-3H3/t18-/m0/s1. The second-order valence-electron chi connectivity index (χ2n) is 6.73. The zero-order valence-electron chi connectivity index (χ0n) is 15.0. The minimum Gasteiger partial charge on any atom is -0.464 e. The van der Waals surface area contributed by atoms with Crippen molar-refractivity contribution < 1.29 is 19.1 Å². The number of fused-ring (bicyclic) bond motifs is 1. The Morgan fingerprint density at radius 2 is 2.08 bits per heavy atom. The molecule has 1 aromatic heterocycles. The van der Waals surface area contributed by atoms with E-state index in [-0.39, 0.29) is 13.2 Å². The van der Waals surface area contributed by atoms with Crippen molar-refractivity contribution in [1.29, 1.82) is 0 Å². The molecule has 1 aliphatic rings. The van der Waals surface area contributed by atoms with Gasteiger partial charge in [0.2, 0.25) is 0 Å². The Morgan fingerprint density at radius 3 is 2.76 bits per heavy atom. The summed E-state index contributed by atoms with van der Waals surface area (Å²) in [5.74, 6) is -0.577. The number of oxazole rings is 1. The lowest BCUT2D eigenvalue weighted by atomic mass is 10.1. The summed E-state index contributed by atoms with van der Waals surface area (Å²) < 4.78 is 10.8. The highest BCUT2D eigenvalue weighted by Gasteiger charge is 2.35. The molecule has 7 heteroatoms. The van der Waals surface area contributed by atoms with E-state index in [1.165, 1.54) is 6.92 Å². The molecule has 0 aliphatic carbocycles. The Balaban J connectivity index is 1.60. The van der Waals surface area contributed by atoms with Gasteiger partial charge < -0.3 is 19.2 Å². The average molecular weight is 347 g/mol. The Hall–Kier alpha value is -2.12. The van der Waals surface area contributed by atoms with Gasteiger partial charge in [0.15, 0.2) is 11.2 Å². The van der Waals surface area contributed by atoms with Crippen LogP contribution < -0.4 is 4.90 Å². The molecule has 1 aromatic carbocycles. The summed E-state index contributed by atoms with van der Waals surface area (Å²) in [6, 6.07) is 6.58. The number of benzene rings is 1. The van der Waals surface area contributed by atoms with Crippen molar-refractivity contribution in [3.8, 4) is 0 Å². The maximum atomic E-state index is 11.8. The Bertz CT molecular complexity index is 748. The highest BCUT2D eigenvalue weighted by molar-refractivity contribution is 5.79. The number of ether oxygens (including phenoxy) is 1. The molecule has 2 aromatic rings. The first-order chi connectivity index (χ1) is 11.9. The van der Waals surface area contributed by atoms with Gasteiger partial charge in [-0.15, -0.1) is 0 Å². The van der Waals surface area contributed by atoms with Crippen LogP contribution in [0.1, 0.15) is 19.4 Å². The fraction of sp³-hybridized carbons (Fsp3) is 0.556. The van der Waals surface area contributed by atoms with Crippen molar-refractivity contribution in [1.82, 2.24) is 9.88 Å². The van der Waals surface area contributed by atoms with Crippen LogP contribution in [0.25, 0.3) is 11.1 Å². The van der Waals surface area contributed by atoms with Crippen LogP contribution in [-0.4, -0.2) is 65.9 Å². The number of carbonyl (C=O) groups excluding carboxylic acids is 1. The molecule has 0 spiro atoms. The number of aromatic nitrogens is 1. The lowest BCUT2D eigenvalue weighted by Crippen LogP contribution is -2.54. The minimum absolute atomic E-state index is 0.256. The Labute approximate surface area is 147 Å². The van der Waals surface area contributed by atoms with Crippen molar-refractivity contribution in [3.05, 3.63) is 23.8 Å². The van der Waals surface area contributed by atoms with Gasteiger partial charge in [0, 0.05) is 32.7 Å². The molecule has 7 nitrogen and oxygen atoms in total. The van der Waals surface area contributed by atoms with Gasteiger partial charge in [0.05, 0.1) is 6.61 Å². The van der Waals surface area contributed by atoms with Crippen molar-refractivity contribution in [2.24, 2.45) is 0 Å². The molecule has 1 fully saturated rings. The van der Waals surface area contributed by atoms with Gasteiger partial charge in [0.1, 0.15) is 5.52 Å². The molecule has 0 unspecified atom stereocenters. The van der Waals surface area contributed by atoms with E-state index in [1.54, 1.807) is 6.92 Å². The molecular formula is C18H25N3O4. The number of hydrogen-bond acceptors (Lipinski definition) is 7. The van der Waals surface area contributed by atoms with E-state index in [1.807, 2.05) is 25.1 Å². The SMILES string of the molecule is CCOC(=O)[C@@](C)(O)CN1CCN(c2nc3cc(C)ccc3o2)CC1. The number of esters is 1. The largest absolute Gasteiger partial charge is 0.464 e. The van der Waals surface area contributed by atoms with E-state index in [0.717, 1.165) is 29.8 Å². The quantitative estimate of drug-likeness (QED) is 0.823. The second-order valence-corrected chi connectivity index (χ2v) is 6.73. The number of piperazine rings is 1. The van der Waals surface area contributed by atoms with Crippen molar-refractivity contribution in [3.63, 3.8) is 0 Å². The van der Waals surface area contributed by atoms with Gasteiger partial charge in [0.25, 0.3) is 6.01 Å². The van der Waals surface area contributed by atoms with Gasteiger partial charge >= 0.3 is 5.97 Å². The lowest BCUT2D eigenvalue weighted by molar-refractivity contribution is -0.165. The van der Waals surface area contributed by atoms with Crippen LogP contribution in [-0.2, 0) is 9.53 Å². The number of β-amino-alcohol motifs (C(OH)–C–C–N with tert-alkyl or cyclic N) is 1. The smallest absolute Gasteiger partial charge is 0.339 e. The molecule has 1 saturated heterocycles. The van der Waals surface area contributed by atoms with Crippen molar-refractivity contribution in [2.45, 2.75) is 26.4 Å². The van der Waals surface area contributed by atoms with E-state index in [2.05, 4.69) is 14.8 Å². The Morgan fingerprint density at radius 1 is 1.36 bits per heavy atom. The molecule has 0 bridgehead atoms. The average Bonchev–Trinajstić information content (AvgIpc) is 2.98. The lowest BCUT2D eigenvalue weighted by Gasteiger charge is -2.36. The fourth-order valence-corrected chi connectivity index (χ4v) is 3.04. The van der Waals surface area contributed by atoms with Gasteiger partial charge in [-0.05, 0) is 38.5 Å². The summed E-state index contributed by atoms with van der Waals surface area (Å²) in [5.41, 5.74) is 1.31. The molecule has 0 saturated carbocycles. The topological polar surface area (TPSA) is 79.0 Å². The highest BCUT2D eigenvalue weighted by atomic mass is 16.5. The number of hydrogen-bond donors (Lipinski definition) is 1. The van der Waals surface area contributed by atoms with E-state index < -0.39 is 11.6 Å². The van der Waals surface area contributed by atoms with Gasteiger partial charge in [-0.2, -0.15) is 4.98 Å². The number of anilines is 1.